The Morgan fingerprint density at radius 2 is 2.21 bits per heavy atom. The molecule has 1 saturated heterocycles. The minimum absolute atomic E-state index is 0.364. The van der Waals surface area contributed by atoms with E-state index in [-0.39, 0.29) is 0 Å². The molecule has 102 valence electrons. The standard InChI is InChI=1S/C14H19N3O2/c1-3-11-12(7-15)14(17-16-13(11)4-2)19-9-10-5-6-18-8-10/h10H,3-6,8-9H2,1-2H3. The number of rotatable bonds is 5. The molecule has 2 heterocycles. The van der Waals surface area contributed by atoms with Crippen molar-refractivity contribution in [3.8, 4) is 11.9 Å². The first kappa shape index (κ1) is 13.8. The summed E-state index contributed by atoms with van der Waals surface area (Å²) in [5.41, 5.74) is 2.38. The molecule has 1 aromatic rings. The lowest BCUT2D eigenvalue weighted by Gasteiger charge is -2.13. The monoisotopic (exact) mass is 261 g/mol. The van der Waals surface area contributed by atoms with Crippen molar-refractivity contribution in [2.24, 2.45) is 5.92 Å². The zero-order valence-corrected chi connectivity index (χ0v) is 11.5. The average molecular weight is 261 g/mol. The van der Waals surface area contributed by atoms with Gasteiger partial charge in [-0.2, -0.15) is 10.4 Å². The van der Waals surface area contributed by atoms with Crippen LogP contribution >= 0.6 is 0 Å². The van der Waals surface area contributed by atoms with Crippen molar-refractivity contribution in [1.29, 1.82) is 5.26 Å². The predicted molar refractivity (Wildman–Crippen MR) is 69.9 cm³/mol. The summed E-state index contributed by atoms with van der Waals surface area (Å²) in [4.78, 5) is 0. The van der Waals surface area contributed by atoms with Gasteiger partial charge < -0.3 is 9.47 Å². The van der Waals surface area contributed by atoms with E-state index in [0.29, 0.717) is 24.0 Å². The fourth-order valence-electron chi connectivity index (χ4n) is 2.28. The third kappa shape index (κ3) is 3.02. The van der Waals surface area contributed by atoms with Crippen molar-refractivity contribution in [3.05, 3.63) is 16.8 Å². The molecule has 1 unspecified atom stereocenters. The molecule has 1 aromatic heterocycles. The van der Waals surface area contributed by atoms with Gasteiger partial charge in [-0.3, -0.25) is 0 Å². The molecule has 5 nitrogen and oxygen atoms in total. The van der Waals surface area contributed by atoms with Gasteiger partial charge in [0.05, 0.1) is 18.9 Å². The van der Waals surface area contributed by atoms with Gasteiger partial charge in [0.1, 0.15) is 11.6 Å². The summed E-state index contributed by atoms with van der Waals surface area (Å²) in [6, 6.07) is 2.21. The van der Waals surface area contributed by atoms with Crippen LogP contribution in [-0.4, -0.2) is 30.0 Å². The first-order valence-electron chi connectivity index (χ1n) is 6.79. The highest BCUT2D eigenvalue weighted by Crippen LogP contribution is 2.23. The smallest absolute Gasteiger partial charge is 0.251 e. The molecule has 2 rings (SSSR count). The Balaban J connectivity index is 2.17. The molecule has 0 aromatic carbocycles. The van der Waals surface area contributed by atoms with Crippen LogP contribution in [0.1, 0.15) is 37.1 Å². The molecule has 0 N–H and O–H groups in total. The summed E-state index contributed by atoms with van der Waals surface area (Å²) in [7, 11) is 0. The summed E-state index contributed by atoms with van der Waals surface area (Å²) >= 11 is 0. The maximum absolute atomic E-state index is 9.32. The highest BCUT2D eigenvalue weighted by molar-refractivity contribution is 5.46. The highest BCUT2D eigenvalue weighted by atomic mass is 16.5. The van der Waals surface area contributed by atoms with Crippen LogP contribution in [0.25, 0.3) is 0 Å². The largest absolute Gasteiger partial charge is 0.475 e. The molecule has 0 radical (unpaired) electrons. The summed E-state index contributed by atoms with van der Waals surface area (Å²) < 4.78 is 11.0. The molecule has 5 heteroatoms. The van der Waals surface area contributed by atoms with Gasteiger partial charge in [0.25, 0.3) is 5.88 Å². The van der Waals surface area contributed by atoms with Crippen molar-refractivity contribution >= 4 is 0 Å². The summed E-state index contributed by atoms with van der Waals surface area (Å²) in [5, 5.41) is 17.5. The molecule has 0 spiro atoms. The van der Waals surface area contributed by atoms with Gasteiger partial charge in [0.2, 0.25) is 0 Å². The number of nitriles is 1. The normalized spacial score (nSPS) is 18.3. The molecule has 0 aliphatic carbocycles. The molecular formula is C14H19N3O2. The van der Waals surface area contributed by atoms with Crippen LogP contribution in [0.2, 0.25) is 0 Å². The fourth-order valence-corrected chi connectivity index (χ4v) is 2.28. The zero-order chi connectivity index (χ0) is 13.7. The van der Waals surface area contributed by atoms with Gasteiger partial charge in [0, 0.05) is 12.5 Å². The quantitative estimate of drug-likeness (QED) is 0.809. The molecule has 0 saturated carbocycles. The van der Waals surface area contributed by atoms with Crippen LogP contribution in [0.4, 0.5) is 0 Å². The van der Waals surface area contributed by atoms with Crippen LogP contribution in [0.15, 0.2) is 0 Å². The number of aryl methyl sites for hydroxylation is 1. The van der Waals surface area contributed by atoms with E-state index < -0.39 is 0 Å². The van der Waals surface area contributed by atoms with Gasteiger partial charge >= 0.3 is 0 Å². The van der Waals surface area contributed by atoms with Gasteiger partial charge in [-0.25, -0.2) is 0 Å². The molecule has 0 amide bonds. The van der Waals surface area contributed by atoms with Gasteiger partial charge in [-0.05, 0) is 24.8 Å². The maximum Gasteiger partial charge on any atom is 0.251 e. The van der Waals surface area contributed by atoms with Gasteiger partial charge in [-0.15, -0.1) is 5.10 Å². The second-order valence-electron chi connectivity index (χ2n) is 4.66. The van der Waals surface area contributed by atoms with E-state index in [1.807, 2.05) is 13.8 Å². The molecule has 19 heavy (non-hydrogen) atoms. The minimum Gasteiger partial charge on any atom is -0.475 e. The number of nitrogens with zero attached hydrogens (tertiary/aromatic N) is 3. The zero-order valence-electron chi connectivity index (χ0n) is 11.5. The second-order valence-corrected chi connectivity index (χ2v) is 4.66. The lowest BCUT2D eigenvalue weighted by molar-refractivity contribution is 0.165. The van der Waals surface area contributed by atoms with Crippen molar-refractivity contribution in [3.63, 3.8) is 0 Å². The second kappa shape index (κ2) is 6.48. The lowest BCUT2D eigenvalue weighted by atomic mass is 10.0. The van der Waals surface area contributed by atoms with E-state index in [2.05, 4.69) is 16.3 Å². The van der Waals surface area contributed by atoms with Crippen LogP contribution in [-0.2, 0) is 17.6 Å². The van der Waals surface area contributed by atoms with Crippen molar-refractivity contribution in [2.75, 3.05) is 19.8 Å². The Bertz CT molecular complexity index is 476. The van der Waals surface area contributed by atoms with E-state index in [0.717, 1.165) is 43.7 Å². The van der Waals surface area contributed by atoms with E-state index in [4.69, 9.17) is 9.47 Å². The Labute approximate surface area is 113 Å². The lowest BCUT2D eigenvalue weighted by Crippen LogP contribution is -2.14. The first-order valence-corrected chi connectivity index (χ1v) is 6.79. The summed E-state index contributed by atoms with van der Waals surface area (Å²) in [6.45, 7) is 6.09. The van der Waals surface area contributed by atoms with Crippen LogP contribution in [0, 0.1) is 17.2 Å². The van der Waals surface area contributed by atoms with E-state index in [1.165, 1.54) is 0 Å². The Morgan fingerprint density at radius 1 is 1.37 bits per heavy atom. The van der Waals surface area contributed by atoms with Crippen molar-refractivity contribution in [2.45, 2.75) is 33.1 Å². The van der Waals surface area contributed by atoms with Gasteiger partial charge in [-0.1, -0.05) is 13.8 Å². The summed E-state index contributed by atoms with van der Waals surface area (Å²) in [6.07, 6.45) is 2.55. The van der Waals surface area contributed by atoms with Crippen LogP contribution in [0.3, 0.4) is 0 Å². The topological polar surface area (TPSA) is 68.0 Å². The predicted octanol–water partition coefficient (Wildman–Crippen LogP) is 1.89. The van der Waals surface area contributed by atoms with Crippen molar-refractivity contribution in [1.82, 2.24) is 10.2 Å². The molecule has 0 bridgehead atoms. The third-order valence-electron chi connectivity index (χ3n) is 3.41. The van der Waals surface area contributed by atoms with Crippen LogP contribution in [0.5, 0.6) is 5.88 Å². The van der Waals surface area contributed by atoms with E-state index in [9.17, 15) is 5.26 Å². The molecule has 1 aliphatic rings. The Morgan fingerprint density at radius 3 is 2.79 bits per heavy atom. The van der Waals surface area contributed by atoms with Gasteiger partial charge in [0.15, 0.2) is 0 Å². The molecule has 1 atom stereocenters. The summed E-state index contributed by atoms with van der Waals surface area (Å²) in [5.74, 6) is 0.757. The molecule has 1 aliphatic heterocycles. The van der Waals surface area contributed by atoms with Crippen LogP contribution < -0.4 is 4.74 Å². The fraction of sp³-hybridized carbons (Fsp3) is 0.643. The minimum atomic E-state index is 0.364. The SMILES string of the molecule is CCc1nnc(OCC2CCOC2)c(C#N)c1CC. The van der Waals surface area contributed by atoms with E-state index >= 15 is 0 Å². The number of ether oxygens (including phenoxy) is 2. The van der Waals surface area contributed by atoms with Crippen molar-refractivity contribution < 1.29 is 9.47 Å². The molecule has 1 fully saturated rings. The highest BCUT2D eigenvalue weighted by Gasteiger charge is 2.19. The average Bonchev–Trinajstić information content (AvgIpc) is 2.96. The first-order chi connectivity index (χ1) is 9.30. The van der Waals surface area contributed by atoms with E-state index in [1.54, 1.807) is 0 Å². The number of hydrogen-bond donors (Lipinski definition) is 0. The Hall–Kier alpha value is -1.67. The number of aromatic nitrogens is 2. The number of hydrogen-bond acceptors (Lipinski definition) is 5. The third-order valence-corrected chi connectivity index (χ3v) is 3.41. The maximum atomic E-state index is 9.32. The molecular weight excluding hydrogens is 242 g/mol. The Kier molecular flexibility index (Phi) is 4.69.